The molecular weight excluding hydrogens is 164 g/mol. The van der Waals surface area contributed by atoms with Crippen LogP contribution in [0.5, 0.6) is 0 Å². The third-order valence-electron chi connectivity index (χ3n) is 1.30. The van der Waals surface area contributed by atoms with Gasteiger partial charge in [-0.25, -0.2) is 0 Å². The van der Waals surface area contributed by atoms with Crippen molar-refractivity contribution in [2.24, 2.45) is 0 Å². The van der Waals surface area contributed by atoms with E-state index in [-0.39, 0.29) is 11.7 Å². The van der Waals surface area contributed by atoms with Crippen LogP contribution in [0.4, 0.5) is 0 Å². The zero-order chi connectivity index (χ0) is 10.3. The molecule has 0 spiro atoms. The fourth-order valence-corrected chi connectivity index (χ4v) is 0.730. The molecule has 1 unspecified atom stereocenters. The maximum absolute atomic E-state index is 5.43. The van der Waals surface area contributed by atoms with Crippen molar-refractivity contribution in [3.63, 3.8) is 0 Å². The Morgan fingerprint density at radius 2 is 1.92 bits per heavy atom. The first-order chi connectivity index (χ1) is 5.95. The molecule has 0 fully saturated rings. The zero-order valence-electron chi connectivity index (χ0n) is 9.31. The highest BCUT2D eigenvalue weighted by molar-refractivity contribution is 5.04. The van der Waals surface area contributed by atoms with Gasteiger partial charge < -0.3 is 9.47 Å². The Labute approximate surface area is 81.6 Å². The molecule has 2 heteroatoms. The Balaban J connectivity index is 3.61. The molecule has 76 valence electrons. The van der Waals surface area contributed by atoms with Crippen molar-refractivity contribution in [3.8, 4) is 11.8 Å². The van der Waals surface area contributed by atoms with E-state index in [1.165, 1.54) is 0 Å². The monoisotopic (exact) mass is 184 g/mol. The highest BCUT2D eigenvalue weighted by Gasteiger charge is 2.07. The van der Waals surface area contributed by atoms with Gasteiger partial charge in [-0.1, -0.05) is 11.8 Å². The van der Waals surface area contributed by atoms with Crippen LogP contribution in [0.3, 0.4) is 0 Å². The van der Waals surface area contributed by atoms with E-state index in [9.17, 15) is 0 Å². The molecule has 0 aromatic carbocycles. The molecule has 2 nitrogen and oxygen atoms in total. The van der Waals surface area contributed by atoms with E-state index in [2.05, 4.69) is 11.8 Å². The summed E-state index contributed by atoms with van der Waals surface area (Å²) in [4.78, 5) is 0. The molecular formula is C11H20O2. The van der Waals surface area contributed by atoms with Gasteiger partial charge in [-0.3, -0.25) is 0 Å². The van der Waals surface area contributed by atoms with Crippen LogP contribution in [0.1, 0.15) is 34.6 Å². The first-order valence-electron chi connectivity index (χ1n) is 4.69. The van der Waals surface area contributed by atoms with E-state index in [1.807, 2.05) is 34.6 Å². The molecule has 0 bridgehead atoms. The van der Waals surface area contributed by atoms with E-state index in [0.717, 1.165) is 0 Å². The Morgan fingerprint density at radius 1 is 1.31 bits per heavy atom. The van der Waals surface area contributed by atoms with Crippen molar-refractivity contribution in [2.75, 3.05) is 13.2 Å². The zero-order valence-corrected chi connectivity index (χ0v) is 9.31. The molecule has 0 N–H and O–H groups in total. The van der Waals surface area contributed by atoms with Gasteiger partial charge in [0.15, 0.2) is 0 Å². The van der Waals surface area contributed by atoms with Crippen molar-refractivity contribution < 1.29 is 9.47 Å². The summed E-state index contributed by atoms with van der Waals surface area (Å²) in [5.41, 5.74) is -0.108. The molecule has 0 saturated heterocycles. The average Bonchev–Trinajstić information content (AvgIpc) is 1.97. The van der Waals surface area contributed by atoms with Gasteiger partial charge >= 0.3 is 0 Å². The van der Waals surface area contributed by atoms with Gasteiger partial charge in [0.25, 0.3) is 0 Å². The molecule has 0 aromatic heterocycles. The SMILES string of the molecule is CCOC(C)C#CCOC(C)(C)C. The van der Waals surface area contributed by atoms with Crippen LogP contribution >= 0.6 is 0 Å². The highest BCUT2D eigenvalue weighted by Crippen LogP contribution is 2.04. The lowest BCUT2D eigenvalue weighted by atomic mass is 10.2. The molecule has 0 aliphatic rings. The van der Waals surface area contributed by atoms with E-state index >= 15 is 0 Å². The number of rotatable bonds is 3. The molecule has 0 rings (SSSR count). The summed E-state index contributed by atoms with van der Waals surface area (Å²) >= 11 is 0. The van der Waals surface area contributed by atoms with Crippen LogP contribution in [0, 0.1) is 11.8 Å². The molecule has 0 heterocycles. The fourth-order valence-electron chi connectivity index (χ4n) is 0.730. The summed E-state index contributed by atoms with van der Waals surface area (Å²) in [6, 6.07) is 0. The predicted molar refractivity (Wildman–Crippen MR) is 54.6 cm³/mol. The summed E-state index contributed by atoms with van der Waals surface area (Å²) in [6.45, 7) is 11.1. The molecule has 1 atom stereocenters. The van der Waals surface area contributed by atoms with Gasteiger partial charge in [0.2, 0.25) is 0 Å². The maximum atomic E-state index is 5.43. The lowest BCUT2D eigenvalue weighted by molar-refractivity contribution is 0.0178. The minimum absolute atomic E-state index is 0.00793. The predicted octanol–water partition coefficient (Wildman–Crippen LogP) is 2.23. The van der Waals surface area contributed by atoms with Crippen LogP contribution in [-0.2, 0) is 9.47 Å². The van der Waals surface area contributed by atoms with Crippen LogP contribution in [0.25, 0.3) is 0 Å². The first-order valence-corrected chi connectivity index (χ1v) is 4.69. The topological polar surface area (TPSA) is 18.5 Å². The Morgan fingerprint density at radius 3 is 2.38 bits per heavy atom. The van der Waals surface area contributed by atoms with Crippen LogP contribution in [-0.4, -0.2) is 24.9 Å². The van der Waals surface area contributed by atoms with Crippen molar-refractivity contribution in [1.29, 1.82) is 0 Å². The molecule has 0 aliphatic heterocycles. The summed E-state index contributed by atoms with van der Waals surface area (Å²) in [7, 11) is 0. The molecule has 0 radical (unpaired) electrons. The normalized spacial score (nSPS) is 13.3. The second-order valence-corrected chi connectivity index (χ2v) is 3.82. The van der Waals surface area contributed by atoms with Crippen molar-refractivity contribution in [2.45, 2.75) is 46.3 Å². The van der Waals surface area contributed by atoms with E-state index < -0.39 is 0 Å². The Kier molecular flexibility index (Phi) is 5.77. The molecule has 0 saturated carbocycles. The van der Waals surface area contributed by atoms with Gasteiger partial charge in [-0.15, -0.1) is 0 Å². The van der Waals surface area contributed by atoms with Crippen molar-refractivity contribution in [1.82, 2.24) is 0 Å². The van der Waals surface area contributed by atoms with Gasteiger partial charge in [0.1, 0.15) is 12.7 Å². The second kappa shape index (κ2) is 6.01. The van der Waals surface area contributed by atoms with E-state index in [1.54, 1.807) is 0 Å². The van der Waals surface area contributed by atoms with Crippen LogP contribution < -0.4 is 0 Å². The molecule has 13 heavy (non-hydrogen) atoms. The third kappa shape index (κ3) is 9.39. The van der Waals surface area contributed by atoms with Crippen LogP contribution in [0.2, 0.25) is 0 Å². The fraction of sp³-hybridized carbons (Fsp3) is 0.818. The minimum Gasteiger partial charge on any atom is -0.366 e. The standard InChI is InChI=1S/C11H20O2/c1-6-12-10(2)8-7-9-13-11(3,4)5/h10H,6,9H2,1-5H3. The Bertz CT molecular complexity index is 180. The van der Waals surface area contributed by atoms with Gasteiger partial charge in [-0.2, -0.15) is 0 Å². The van der Waals surface area contributed by atoms with Gasteiger partial charge in [0.05, 0.1) is 5.60 Å². The smallest absolute Gasteiger partial charge is 0.115 e. The number of hydrogen-bond donors (Lipinski definition) is 0. The average molecular weight is 184 g/mol. The van der Waals surface area contributed by atoms with E-state index in [0.29, 0.717) is 13.2 Å². The van der Waals surface area contributed by atoms with Gasteiger partial charge in [0, 0.05) is 6.61 Å². The molecule has 0 aliphatic carbocycles. The molecule has 0 aromatic rings. The second-order valence-electron chi connectivity index (χ2n) is 3.82. The minimum atomic E-state index is -0.108. The van der Waals surface area contributed by atoms with Crippen LogP contribution in [0.15, 0.2) is 0 Å². The lowest BCUT2D eigenvalue weighted by Crippen LogP contribution is -2.19. The first kappa shape index (κ1) is 12.5. The summed E-state index contributed by atoms with van der Waals surface area (Å²) < 4.78 is 10.7. The highest BCUT2D eigenvalue weighted by atomic mass is 16.5. The summed E-state index contributed by atoms with van der Waals surface area (Å²) in [6.07, 6.45) is 0.00793. The van der Waals surface area contributed by atoms with Crippen molar-refractivity contribution in [3.05, 3.63) is 0 Å². The summed E-state index contributed by atoms with van der Waals surface area (Å²) in [5.74, 6) is 5.89. The largest absolute Gasteiger partial charge is 0.366 e. The third-order valence-corrected chi connectivity index (χ3v) is 1.30. The lowest BCUT2D eigenvalue weighted by Gasteiger charge is -2.17. The molecule has 0 amide bonds. The quantitative estimate of drug-likeness (QED) is 0.626. The van der Waals surface area contributed by atoms with Crippen molar-refractivity contribution >= 4 is 0 Å². The maximum Gasteiger partial charge on any atom is 0.115 e. The number of hydrogen-bond acceptors (Lipinski definition) is 2. The van der Waals surface area contributed by atoms with E-state index in [4.69, 9.17) is 9.47 Å². The Hall–Kier alpha value is -0.520. The van der Waals surface area contributed by atoms with Gasteiger partial charge in [-0.05, 0) is 34.6 Å². The summed E-state index contributed by atoms with van der Waals surface area (Å²) in [5, 5.41) is 0. The number of ether oxygens (including phenoxy) is 2.